The van der Waals surface area contributed by atoms with Gasteiger partial charge in [-0.15, -0.1) is 0 Å². The molecule has 0 saturated carbocycles. The first-order valence-electron chi connectivity index (χ1n) is 11.6. The molecule has 0 radical (unpaired) electrons. The molecule has 202 valence electrons. The van der Waals surface area contributed by atoms with E-state index in [9.17, 15) is 27.6 Å². The van der Waals surface area contributed by atoms with Crippen LogP contribution in [0.1, 0.15) is 44.7 Å². The maximum absolute atomic E-state index is 13.2. The van der Waals surface area contributed by atoms with Crippen LogP contribution in [0, 0.1) is 0 Å². The average Bonchev–Trinajstić information content (AvgIpc) is 2.76. The Hall–Kier alpha value is -3.22. The first-order chi connectivity index (χ1) is 16.8. The molecule has 1 unspecified atom stereocenters. The van der Waals surface area contributed by atoms with Crippen LogP contribution in [0.3, 0.4) is 0 Å². The largest absolute Gasteiger partial charge is 0.511 e. The first-order valence-corrected chi connectivity index (χ1v) is 11.6. The van der Waals surface area contributed by atoms with E-state index in [1.54, 1.807) is 13.8 Å². The number of carbonyl (C=O) groups is 3. The van der Waals surface area contributed by atoms with Crippen molar-refractivity contribution >= 4 is 23.9 Å². The summed E-state index contributed by atoms with van der Waals surface area (Å²) in [6, 6.07) is 3.44. The standard InChI is InChI=1S/C23H32F3N3O7/c1-15(2)34-22(33)36-16(3)35-20(30)5-4-8-27-19-13-18(23(24,25)26)7-6-17(19)14-28-9-11-29(12-10-28)21(31)32/h6-7,13,15-16,27H,4-5,8-12,14H2,1-3H3,(H,31,32). The minimum atomic E-state index is -4.52. The molecule has 1 aliphatic heterocycles. The number of benzene rings is 1. The third-order valence-electron chi connectivity index (χ3n) is 5.24. The van der Waals surface area contributed by atoms with E-state index in [0.29, 0.717) is 38.3 Å². The maximum Gasteiger partial charge on any atom is 0.511 e. The van der Waals surface area contributed by atoms with Crippen LogP contribution < -0.4 is 5.32 Å². The Labute approximate surface area is 207 Å². The van der Waals surface area contributed by atoms with Gasteiger partial charge >= 0.3 is 24.4 Å². The maximum atomic E-state index is 13.2. The van der Waals surface area contributed by atoms with Gasteiger partial charge < -0.3 is 29.5 Å². The zero-order chi connectivity index (χ0) is 26.9. The van der Waals surface area contributed by atoms with Crippen molar-refractivity contribution in [3.63, 3.8) is 0 Å². The van der Waals surface area contributed by atoms with Gasteiger partial charge in [-0.25, -0.2) is 9.59 Å². The normalized spacial score (nSPS) is 15.4. The van der Waals surface area contributed by atoms with Crippen LogP contribution in [0.5, 0.6) is 0 Å². The summed E-state index contributed by atoms with van der Waals surface area (Å²) in [5.74, 6) is -0.637. The summed E-state index contributed by atoms with van der Waals surface area (Å²) in [6.07, 6.45) is -7.80. The number of alkyl halides is 3. The van der Waals surface area contributed by atoms with Crippen molar-refractivity contribution in [2.75, 3.05) is 38.0 Å². The van der Waals surface area contributed by atoms with E-state index in [2.05, 4.69) is 5.32 Å². The fraction of sp³-hybridized carbons (Fsp3) is 0.609. The Morgan fingerprint density at radius 2 is 1.72 bits per heavy atom. The Balaban J connectivity index is 1.90. The molecular formula is C23H32F3N3O7. The molecule has 1 fully saturated rings. The van der Waals surface area contributed by atoms with Crippen LogP contribution in [0.15, 0.2) is 18.2 Å². The van der Waals surface area contributed by atoms with Crippen LogP contribution in [0.4, 0.5) is 28.4 Å². The fourth-order valence-electron chi connectivity index (χ4n) is 3.47. The number of carbonyl (C=O) groups excluding carboxylic acids is 2. The monoisotopic (exact) mass is 519 g/mol. The lowest BCUT2D eigenvalue weighted by Gasteiger charge is -2.33. The highest BCUT2D eigenvalue weighted by Crippen LogP contribution is 2.32. The Bertz CT molecular complexity index is 903. The second-order valence-electron chi connectivity index (χ2n) is 8.54. The molecule has 2 N–H and O–H groups in total. The zero-order valence-corrected chi connectivity index (χ0v) is 20.5. The summed E-state index contributed by atoms with van der Waals surface area (Å²) < 4.78 is 54.3. The minimum Gasteiger partial charge on any atom is -0.465 e. The van der Waals surface area contributed by atoms with Gasteiger partial charge in [0.05, 0.1) is 11.7 Å². The number of hydrogen-bond donors (Lipinski definition) is 2. The summed E-state index contributed by atoms with van der Waals surface area (Å²) in [6.45, 7) is 6.74. The zero-order valence-electron chi connectivity index (χ0n) is 20.5. The Kier molecular flexibility index (Phi) is 10.6. The number of nitrogens with one attached hydrogen (secondary N) is 1. The fourth-order valence-corrected chi connectivity index (χ4v) is 3.47. The van der Waals surface area contributed by atoms with Crippen LogP contribution >= 0.6 is 0 Å². The first kappa shape index (κ1) is 29.0. The van der Waals surface area contributed by atoms with E-state index in [1.165, 1.54) is 17.9 Å². The van der Waals surface area contributed by atoms with Crippen molar-refractivity contribution in [1.29, 1.82) is 0 Å². The van der Waals surface area contributed by atoms with Gasteiger partial charge in [0.2, 0.25) is 6.29 Å². The molecule has 1 amide bonds. The van der Waals surface area contributed by atoms with E-state index in [-0.39, 0.29) is 31.2 Å². The van der Waals surface area contributed by atoms with Gasteiger partial charge in [0.1, 0.15) is 0 Å². The number of ether oxygens (including phenoxy) is 3. The molecule has 0 aliphatic carbocycles. The third kappa shape index (κ3) is 9.80. The van der Waals surface area contributed by atoms with Crippen molar-refractivity contribution in [3.8, 4) is 0 Å². The summed E-state index contributed by atoms with van der Waals surface area (Å²) in [5.41, 5.74) is 0.107. The van der Waals surface area contributed by atoms with Gasteiger partial charge in [-0.3, -0.25) is 9.69 Å². The summed E-state index contributed by atoms with van der Waals surface area (Å²) in [7, 11) is 0. The summed E-state index contributed by atoms with van der Waals surface area (Å²) in [5, 5.41) is 12.0. The smallest absolute Gasteiger partial charge is 0.465 e. The lowest BCUT2D eigenvalue weighted by molar-refractivity contribution is -0.168. The van der Waals surface area contributed by atoms with E-state index in [4.69, 9.17) is 19.3 Å². The molecule has 36 heavy (non-hydrogen) atoms. The molecule has 1 aromatic carbocycles. The number of carboxylic acid groups (broad SMARTS) is 1. The SMILES string of the molecule is CC(C)OC(=O)OC(C)OC(=O)CCCNc1cc(C(F)(F)F)ccc1CN1CCN(C(=O)O)CC1. The molecular weight excluding hydrogens is 487 g/mol. The van der Waals surface area contributed by atoms with Crippen molar-refractivity contribution in [2.45, 2.75) is 58.7 Å². The summed E-state index contributed by atoms with van der Waals surface area (Å²) in [4.78, 5) is 37.7. The second-order valence-corrected chi connectivity index (χ2v) is 8.54. The number of rotatable bonds is 10. The van der Waals surface area contributed by atoms with Gasteiger partial charge in [0, 0.05) is 58.3 Å². The second kappa shape index (κ2) is 13.2. The number of amides is 1. The molecule has 10 nitrogen and oxygen atoms in total. The average molecular weight is 520 g/mol. The highest BCUT2D eigenvalue weighted by Gasteiger charge is 2.31. The number of piperazine rings is 1. The van der Waals surface area contributed by atoms with E-state index < -0.39 is 36.2 Å². The van der Waals surface area contributed by atoms with Crippen LogP contribution in [-0.4, -0.2) is 78.2 Å². The van der Waals surface area contributed by atoms with Crippen LogP contribution in [0.2, 0.25) is 0 Å². The van der Waals surface area contributed by atoms with Gasteiger partial charge in [0.15, 0.2) is 0 Å². The quantitative estimate of drug-likeness (QED) is 0.267. The van der Waals surface area contributed by atoms with Crippen molar-refractivity contribution in [2.24, 2.45) is 0 Å². The van der Waals surface area contributed by atoms with Crippen molar-refractivity contribution < 1.29 is 46.9 Å². The molecule has 1 saturated heterocycles. The Morgan fingerprint density at radius 3 is 2.31 bits per heavy atom. The third-order valence-corrected chi connectivity index (χ3v) is 5.24. The van der Waals surface area contributed by atoms with Gasteiger partial charge in [-0.2, -0.15) is 13.2 Å². The van der Waals surface area contributed by atoms with E-state index in [1.807, 2.05) is 4.90 Å². The molecule has 0 bridgehead atoms. The van der Waals surface area contributed by atoms with E-state index in [0.717, 1.165) is 12.1 Å². The minimum absolute atomic E-state index is 0.0502. The number of halogens is 3. The molecule has 1 aliphatic rings. The molecule has 1 heterocycles. The van der Waals surface area contributed by atoms with Crippen LogP contribution in [-0.2, 0) is 31.7 Å². The summed E-state index contributed by atoms with van der Waals surface area (Å²) >= 11 is 0. The molecule has 1 aromatic rings. The lowest BCUT2D eigenvalue weighted by Crippen LogP contribution is -2.47. The van der Waals surface area contributed by atoms with Gasteiger partial charge in [-0.1, -0.05) is 6.07 Å². The number of esters is 1. The molecule has 13 heteroatoms. The number of nitrogens with zero attached hydrogens (tertiary/aromatic N) is 2. The highest BCUT2D eigenvalue weighted by atomic mass is 19.4. The van der Waals surface area contributed by atoms with Crippen LogP contribution in [0.25, 0.3) is 0 Å². The molecule has 0 aromatic heterocycles. The van der Waals surface area contributed by atoms with Crippen molar-refractivity contribution in [1.82, 2.24) is 9.80 Å². The number of hydrogen-bond acceptors (Lipinski definition) is 8. The predicted octanol–water partition coefficient (Wildman–Crippen LogP) is 4.14. The van der Waals surface area contributed by atoms with Gasteiger partial charge in [-0.05, 0) is 38.0 Å². The Morgan fingerprint density at radius 1 is 1.06 bits per heavy atom. The van der Waals surface area contributed by atoms with E-state index >= 15 is 0 Å². The molecule has 0 spiro atoms. The van der Waals surface area contributed by atoms with Gasteiger partial charge in [0.25, 0.3) is 0 Å². The number of anilines is 1. The predicted molar refractivity (Wildman–Crippen MR) is 122 cm³/mol. The highest BCUT2D eigenvalue weighted by molar-refractivity contribution is 5.70. The lowest BCUT2D eigenvalue weighted by atomic mass is 10.1. The molecule has 2 rings (SSSR count). The van der Waals surface area contributed by atoms with Crippen molar-refractivity contribution in [3.05, 3.63) is 29.3 Å². The molecule has 1 atom stereocenters. The topological polar surface area (TPSA) is 118 Å².